The van der Waals surface area contributed by atoms with Crippen LogP contribution in [0, 0.1) is 0 Å². The Kier molecular flexibility index (Phi) is 42.6. The first-order valence-electron chi connectivity index (χ1n) is 8.05. The van der Waals surface area contributed by atoms with Gasteiger partial charge in [-0.25, -0.2) is 0 Å². The van der Waals surface area contributed by atoms with E-state index in [4.69, 9.17) is 11.5 Å². The van der Waals surface area contributed by atoms with Crippen LogP contribution in [0.3, 0.4) is 0 Å². The normalized spacial score (nSPS) is 12.0. The molecule has 0 aliphatic carbocycles. The van der Waals surface area contributed by atoms with Crippen molar-refractivity contribution in [2.75, 3.05) is 26.2 Å². The maximum absolute atomic E-state index is 5.69. The van der Waals surface area contributed by atoms with Crippen molar-refractivity contribution in [3.05, 3.63) is 0 Å². The highest BCUT2D eigenvalue weighted by molar-refractivity contribution is 5.86. The highest BCUT2D eigenvalue weighted by Gasteiger charge is 1.95. The van der Waals surface area contributed by atoms with Crippen LogP contribution in [0.4, 0.5) is 0 Å². The summed E-state index contributed by atoms with van der Waals surface area (Å²) in [7, 11) is 0. The van der Waals surface area contributed by atoms with Gasteiger partial charge in [0.15, 0.2) is 0 Å². The minimum absolute atomic E-state index is 0. The van der Waals surface area contributed by atoms with Gasteiger partial charge in [0.05, 0.1) is 0 Å². The molecule has 23 heavy (non-hydrogen) atoms. The first kappa shape index (κ1) is 35.2. The smallest absolute Gasteiger partial charge is 0.00225 e. The minimum Gasteiger partial charge on any atom is -0.328 e. The van der Waals surface area contributed by atoms with E-state index in [9.17, 15) is 0 Å². The number of hydrogen-bond acceptors (Lipinski definition) is 4. The zero-order valence-corrected chi connectivity index (χ0v) is 18.0. The molecule has 0 aliphatic heterocycles. The molecule has 0 amide bonds. The summed E-state index contributed by atoms with van der Waals surface area (Å²) in [6, 6.07) is 0.643. The molecule has 0 radical (unpaired) electrons. The predicted molar refractivity (Wildman–Crippen MR) is 114 cm³/mol. The Morgan fingerprint density at radius 1 is 0.565 bits per heavy atom. The van der Waals surface area contributed by atoms with E-state index >= 15 is 0 Å². The summed E-state index contributed by atoms with van der Waals surface area (Å²) < 4.78 is 0. The predicted octanol–water partition coefficient (Wildman–Crippen LogP) is 3.28. The van der Waals surface area contributed by atoms with Crippen LogP contribution in [-0.2, 0) is 0 Å². The molecule has 0 saturated carbocycles. The average Bonchev–Trinajstić information content (AvgIpc) is 2.34. The summed E-state index contributed by atoms with van der Waals surface area (Å²) in [5.41, 5.74) is 11.4. The van der Waals surface area contributed by atoms with E-state index in [0.717, 1.165) is 39.0 Å². The van der Waals surface area contributed by atoms with Gasteiger partial charge in [0.25, 0.3) is 0 Å². The molecule has 0 aromatic rings. The third kappa shape index (κ3) is 35.1. The number of unbranched alkanes of at least 4 members (excludes halogenated alkanes) is 4. The standard InChI is InChI=1S/C15H36N4.4ClH/c1-14(16)8-12-18-10-6-4-3-5-7-11-19-13-9-15(2)17;;;;/h14-15,18-19H,3-13,16-17H2,1-2H3;4*1H. The van der Waals surface area contributed by atoms with Crippen molar-refractivity contribution in [2.45, 2.75) is 70.9 Å². The molecular formula is C15H40Cl4N4. The third-order valence-corrected chi connectivity index (χ3v) is 3.26. The van der Waals surface area contributed by atoms with Crippen LogP contribution in [-0.4, -0.2) is 38.3 Å². The molecule has 0 bridgehead atoms. The average molecular weight is 418 g/mol. The molecule has 148 valence electrons. The Morgan fingerprint density at radius 3 is 1.17 bits per heavy atom. The molecule has 6 N–H and O–H groups in total. The molecule has 0 aromatic heterocycles. The van der Waals surface area contributed by atoms with E-state index < -0.39 is 0 Å². The highest BCUT2D eigenvalue weighted by Crippen LogP contribution is 2.01. The molecule has 0 heterocycles. The SMILES string of the molecule is CC(N)CCNCCCCCCCNCCC(C)N.Cl.Cl.Cl.Cl. The molecule has 2 atom stereocenters. The Morgan fingerprint density at radius 2 is 0.870 bits per heavy atom. The first-order valence-corrected chi connectivity index (χ1v) is 8.05. The van der Waals surface area contributed by atoms with Gasteiger partial charge in [0.1, 0.15) is 0 Å². The molecule has 0 saturated heterocycles. The van der Waals surface area contributed by atoms with Gasteiger partial charge >= 0.3 is 0 Å². The largest absolute Gasteiger partial charge is 0.328 e. The number of rotatable bonds is 14. The van der Waals surface area contributed by atoms with Crippen LogP contribution in [0.15, 0.2) is 0 Å². The monoisotopic (exact) mass is 416 g/mol. The van der Waals surface area contributed by atoms with E-state index in [1.807, 2.05) is 0 Å². The molecule has 4 nitrogen and oxygen atoms in total. The van der Waals surface area contributed by atoms with Crippen LogP contribution in [0.5, 0.6) is 0 Å². The maximum Gasteiger partial charge on any atom is 0.00225 e. The second-order valence-corrected chi connectivity index (χ2v) is 5.80. The third-order valence-electron chi connectivity index (χ3n) is 3.26. The van der Waals surface area contributed by atoms with Crippen LogP contribution >= 0.6 is 49.6 Å². The van der Waals surface area contributed by atoms with Gasteiger partial charge in [0.2, 0.25) is 0 Å². The van der Waals surface area contributed by atoms with Gasteiger partial charge < -0.3 is 22.1 Å². The lowest BCUT2D eigenvalue weighted by Gasteiger charge is -2.08. The molecule has 0 spiro atoms. The lowest BCUT2D eigenvalue weighted by molar-refractivity contribution is 0.531. The van der Waals surface area contributed by atoms with Gasteiger partial charge in [-0.2, -0.15) is 0 Å². The summed E-state index contributed by atoms with van der Waals surface area (Å²) in [5.74, 6) is 0. The second kappa shape index (κ2) is 27.8. The summed E-state index contributed by atoms with van der Waals surface area (Å²) in [6.45, 7) is 8.51. The lowest BCUT2D eigenvalue weighted by atomic mass is 10.1. The van der Waals surface area contributed by atoms with E-state index in [2.05, 4.69) is 24.5 Å². The number of hydrogen-bond donors (Lipinski definition) is 4. The minimum atomic E-state index is 0. The van der Waals surface area contributed by atoms with E-state index in [1.165, 1.54) is 32.1 Å². The van der Waals surface area contributed by atoms with Gasteiger partial charge in [0, 0.05) is 12.1 Å². The van der Waals surface area contributed by atoms with Crippen molar-refractivity contribution in [2.24, 2.45) is 11.5 Å². The van der Waals surface area contributed by atoms with Crippen LogP contribution in [0.1, 0.15) is 58.8 Å². The lowest BCUT2D eigenvalue weighted by Crippen LogP contribution is -2.24. The Bertz CT molecular complexity index is 169. The Labute approximate surface area is 168 Å². The van der Waals surface area contributed by atoms with Crippen LogP contribution < -0.4 is 22.1 Å². The zero-order chi connectivity index (χ0) is 14.3. The van der Waals surface area contributed by atoms with E-state index in [0.29, 0.717) is 12.1 Å². The van der Waals surface area contributed by atoms with Gasteiger partial charge in [-0.1, -0.05) is 19.3 Å². The van der Waals surface area contributed by atoms with Crippen molar-refractivity contribution < 1.29 is 0 Å². The summed E-state index contributed by atoms with van der Waals surface area (Å²) in [4.78, 5) is 0. The number of nitrogens with one attached hydrogen (secondary N) is 2. The second-order valence-electron chi connectivity index (χ2n) is 5.80. The van der Waals surface area contributed by atoms with Crippen molar-refractivity contribution >= 4 is 49.6 Å². The molecule has 2 unspecified atom stereocenters. The molecule has 0 aliphatic rings. The topological polar surface area (TPSA) is 76.1 Å². The summed E-state index contributed by atoms with van der Waals surface area (Å²) in [5, 5.41) is 6.88. The molecule has 0 fully saturated rings. The summed E-state index contributed by atoms with van der Waals surface area (Å²) in [6.07, 6.45) is 8.76. The molecular weight excluding hydrogens is 378 g/mol. The van der Waals surface area contributed by atoms with Crippen LogP contribution in [0.25, 0.3) is 0 Å². The first-order chi connectivity index (χ1) is 9.13. The Hall–Kier alpha value is 1.00. The van der Waals surface area contributed by atoms with Gasteiger partial charge in [-0.3, -0.25) is 0 Å². The molecule has 0 rings (SSSR count). The van der Waals surface area contributed by atoms with E-state index in [1.54, 1.807) is 0 Å². The molecule has 0 aromatic carbocycles. The summed E-state index contributed by atoms with van der Waals surface area (Å²) >= 11 is 0. The quantitative estimate of drug-likeness (QED) is 0.327. The van der Waals surface area contributed by atoms with Gasteiger partial charge in [-0.05, 0) is 65.7 Å². The highest BCUT2D eigenvalue weighted by atomic mass is 35.5. The fourth-order valence-electron chi connectivity index (χ4n) is 1.94. The fourth-order valence-corrected chi connectivity index (χ4v) is 1.94. The van der Waals surface area contributed by atoms with E-state index in [-0.39, 0.29) is 49.6 Å². The van der Waals surface area contributed by atoms with Crippen molar-refractivity contribution in [3.63, 3.8) is 0 Å². The maximum atomic E-state index is 5.69. The molecule has 8 heteroatoms. The number of halogens is 4. The number of nitrogens with two attached hydrogens (primary N) is 2. The van der Waals surface area contributed by atoms with Crippen LogP contribution in [0.2, 0.25) is 0 Å². The van der Waals surface area contributed by atoms with Crippen molar-refractivity contribution in [1.29, 1.82) is 0 Å². The fraction of sp³-hybridized carbons (Fsp3) is 1.00. The van der Waals surface area contributed by atoms with Gasteiger partial charge in [-0.15, -0.1) is 49.6 Å². The van der Waals surface area contributed by atoms with Crippen molar-refractivity contribution in [3.8, 4) is 0 Å². The zero-order valence-electron chi connectivity index (χ0n) is 14.7. The van der Waals surface area contributed by atoms with Crippen molar-refractivity contribution in [1.82, 2.24) is 10.6 Å². The Balaban J connectivity index is -0.000000270.